The molecule has 0 atom stereocenters. The van der Waals surface area contributed by atoms with E-state index in [0.717, 1.165) is 25.7 Å². The molecule has 62 valence electrons. The van der Waals surface area contributed by atoms with Gasteiger partial charge in [0.1, 0.15) is 5.78 Å². The van der Waals surface area contributed by atoms with Crippen LogP contribution in [-0.4, -0.2) is 12.3 Å². The van der Waals surface area contributed by atoms with E-state index >= 15 is 0 Å². The Morgan fingerprint density at radius 3 is 2.36 bits per heavy atom. The molecule has 0 unspecified atom stereocenters. The molecular weight excluding hydrogens is 138 g/mol. The molecular formula is C9H15NO. The summed E-state index contributed by atoms with van der Waals surface area (Å²) in [5.41, 5.74) is 5.56. The van der Waals surface area contributed by atoms with Crippen LogP contribution in [0.25, 0.3) is 0 Å². The largest absolute Gasteiger partial charge is 0.329 e. The van der Waals surface area contributed by atoms with Crippen molar-refractivity contribution < 1.29 is 4.79 Å². The Hall–Kier alpha value is -0.370. The molecule has 0 aromatic heterocycles. The van der Waals surface area contributed by atoms with E-state index in [9.17, 15) is 4.79 Å². The molecule has 0 radical (unpaired) electrons. The van der Waals surface area contributed by atoms with Gasteiger partial charge in [-0.3, -0.25) is 4.79 Å². The smallest absolute Gasteiger partial charge is 0.143 e. The molecule has 0 bridgehead atoms. The Balaban J connectivity index is 2.04. The summed E-state index contributed by atoms with van der Waals surface area (Å²) in [6.07, 6.45) is 5.56. The molecule has 0 heterocycles. The average Bonchev–Trinajstić information content (AvgIpc) is 2.66. The van der Waals surface area contributed by atoms with Gasteiger partial charge in [0.2, 0.25) is 0 Å². The lowest BCUT2D eigenvalue weighted by molar-refractivity contribution is -0.134. The number of hydrogen-bond donors (Lipinski definition) is 1. The number of hydrogen-bond acceptors (Lipinski definition) is 2. The van der Waals surface area contributed by atoms with Crippen molar-refractivity contribution in [3.63, 3.8) is 0 Å². The predicted molar refractivity (Wildman–Crippen MR) is 43.1 cm³/mol. The second kappa shape index (κ2) is 2.31. The molecule has 0 aromatic carbocycles. The van der Waals surface area contributed by atoms with Gasteiger partial charge in [0.25, 0.3) is 0 Å². The summed E-state index contributed by atoms with van der Waals surface area (Å²) < 4.78 is 0. The fourth-order valence-corrected chi connectivity index (χ4v) is 1.93. The monoisotopic (exact) mass is 153 g/mol. The van der Waals surface area contributed by atoms with Crippen LogP contribution in [0.2, 0.25) is 0 Å². The van der Waals surface area contributed by atoms with Gasteiger partial charge in [-0.25, -0.2) is 0 Å². The minimum Gasteiger partial charge on any atom is -0.329 e. The van der Waals surface area contributed by atoms with E-state index in [1.54, 1.807) is 0 Å². The van der Waals surface area contributed by atoms with Crippen LogP contribution in [0.5, 0.6) is 0 Å². The van der Waals surface area contributed by atoms with Crippen LogP contribution in [0.4, 0.5) is 0 Å². The molecule has 2 aliphatic carbocycles. The molecule has 2 nitrogen and oxygen atoms in total. The van der Waals surface area contributed by atoms with E-state index in [4.69, 9.17) is 5.73 Å². The van der Waals surface area contributed by atoms with Gasteiger partial charge in [-0.2, -0.15) is 0 Å². The predicted octanol–water partition coefficient (Wildman–Crippen LogP) is 1.09. The SMILES string of the molecule is NCC1(C(=O)C2CC2)CCC1. The van der Waals surface area contributed by atoms with Crippen LogP contribution in [0.1, 0.15) is 32.1 Å². The number of nitrogens with two attached hydrogens (primary N) is 1. The first-order valence-electron chi connectivity index (χ1n) is 4.53. The summed E-state index contributed by atoms with van der Waals surface area (Å²) in [6, 6.07) is 0. The van der Waals surface area contributed by atoms with Gasteiger partial charge in [0.15, 0.2) is 0 Å². The lowest BCUT2D eigenvalue weighted by Gasteiger charge is -2.39. The van der Waals surface area contributed by atoms with Crippen LogP contribution in [-0.2, 0) is 4.79 Å². The standard InChI is InChI=1S/C9H15NO/c10-6-9(4-1-5-9)8(11)7-2-3-7/h7H,1-6,10H2. The summed E-state index contributed by atoms with van der Waals surface area (Å²) in [6.45, 7) is 0.586. The minimum atomic E-state index is -0.0544. The van der Waals surface area contributed by atoms with Crippen LogP contribution in [0, 0.1) is 11.3 Å². The van der Waals surface area contributed by atoms with Gasteiger partial charge in [-0.1, -0.05) is 6.42 Å². The van der Waals surface area contributed by atoms with Gasteiger partial charge in [-0.15, -0.1) is 0 Å². The van der Waals surface area contributed by atoms with Crippen molar-refractivity contribution >= 4 is 5.78 Å². The van der Waals surface area contributed by atoms with Crippen molar-refractivity contribution in [3.05, 3.63) is 0 Å². The normalized spacial score (nSPS) is 27.7. The first-order chi connectivity index (χ1) is 5.28. The summed E-state index contributed by atoms with van der Waals surface area (Å²) in [7, 11) is 0. The zero-order valence-corrected chi connectivity index (χ0v) is 6.81. The number of carbonyl (C=O) groups is 1. The fraction of sp³-hybridized carbons (Fsp3) is 0.889. The Morgan fingerprint density at radius 2 is 2.09 bits per heavy atom. The Kier molecular flexibility index (Phi) is 1.53. The van der Waals surface area contributed by atoms with E-state index in [-0.39, 0.29) is 5.41 Å². The van der Waals surface area contributed by atoms with E-state index < -0.39 is 0 Å². The molecule has 2 rings (SSSR count). The highest BCUT2D eigenvalue weighted by atomic mass is 16.1. The molecule has 0 spiro atoms. The van der Waals surface area contributed by atoms with Crippen LogP contribution in [0.3, 0.4) is 0 Å². The van der Waals surface area contributed by atoms with Gasteiger partial charge < -0.3 is 5.73 Å². The molecule has 0 amide bonds. The van der Waals surface area contributed by atoms with Gasteiger partial charge in [0.05, 0.1) is 0 Å². The zero-order valence-electron chi connectivity index (χ0n) is 6.81. The minimum absolute atomic E-state index is 0.0544. The van der Waals surface area contributed by atoms with Crippen LogP contribution in [0.15, 0.2) is 0 Å². The summed E-state index contributed by atoms with van der Waals surface area (Å²) in [4.78, 5) is 11.7. The Labute approximate surface area is 67.1 Å². The number of carbonyl (C=O) groups excluding carboxylic acids is 1. The fourth-order valence-electron chi connectivity index (χ4n) is 1.93. The molecule has 2 heteroatoms. The van der Waals surface area contributed by atoms with Crippen molar-refractivity contribution in [1.29, 1.82) is 0 Å². The maximum Gasteiger partial charge on any atom is 0.143 e. The quantitative estimate of drug-likeness (QED) is 0.659. The second-order valence-corrected chi connectivity index (χ2v) is 3.98. The van der Waals surface area contributed by atoms with Gasteiger partial charge >= 0.3 is 0 Å². The number of ketones is 1. The average molecular weight is 153 g/mol. The molecule has 11 heavy (non-hydrogen) atoms. The first kappa shape index (κ1) is 7.29. The first-order valence-corrected chi connectivity index (χ1v) is 4.53. The lowest BCUT2D eigenvalue weighted by Crippen LogP contribution is -2.45. The second-order valence-electron chi connectivity index (χ2n) is 3.98. The highest BCUT2D eigenvalue weighted by molar-refractivity contribution is 5.89. The number of Topliss-reactive ketones (excluding diaryl/α,β-unsaturated/α-hetero) is 1. The highest BCUT2D eigenvalue weighted by Crippen LogP contribution is 2.47. The maximum absolute atomic E-state index is 11.7. The molecule has 2 aliphatic rings. The van der Waals surface area contributed by atoms with Gasteiger partial charge in [0, 0.05) is 17.9 Å². The van der Waals surface area contributed by atoms with E-state index in [1.165, 1.54) is 6.42 Å². The molecule has 0 saturated heterocycles. The van der Waals surface area contributed by atoms with Crippen LogP contribution >= 0.6 is 0 Å². The van der Waals surface area contributed by atoms with E-state index in [0.29, 0.717) is 18.2 Å². The van der Waals surface area contributed by atoms with Crippen molar-refractivity contribution in [2.75, 3.05) is 6.54 Å². The maximum atomic E-state index is 11.7. The summed E-state index contributed by atoms with van der Waals surface area (Å²) in [5.74, 6) is 0.880. The van der Waals surface area contributed by atoms with Crippen molar-refractivity contribution in [1.82, 2.24) is 0 Å². The van der Waals surface area contributed by atoms with E-state index in [2.05, 4.69) is 0 Å². The number of rotatable bonds is 3. The van der Waals surface area contributed by atoms with E-state index in [1.807, 2.05) is 0 Å². The van der Waals surface area contributed by atoms with Crippen LogP contribution < -0.4 is 5.73 Å². The van der Waals surface area contributed by atoms with Crippen molar-refractivity contribution in [3.8, 4) is 0 Å². The molecule has 2 saturated carbocycles. The Morgan fingerprint density at radius 1 is 1.45 bits per heavy atom. The third kappa shape index (κ3) is 1.00. The third-order valence-electron chi connectivity index (χ3n) is 3.17. The summed E-state index contributed by atoms with van der Waals surface area (Å²) >= 11 is 0. The Bertz CT molecular complexity index is 174. The topological polar surface area (TPSA) is 43.1 Å². The zero-order chi connectivity index (χ0) is 7.90. The van der Waals surface area contributed by atoms with Crippen molar-refractivity contribution in [2.24, 2.45) is 17.1 Å². The van der Waals surface area contributed by atoms with Crippen molar-refractivity contribution in [2.45, 2.75) is 32.1 Å². The third-order valence-corrected chi connectivity index (χ3v) is 3.17. The highest BCUT2D eigenvalue weighted by Gasteiger charge is 2.48. The molecule has 0 aromatic rings. The molecule has 0 aliphatic heterocycles. The van der Waals surface area contributed by atoms with Gasteiger partial charge in [-0.05, 0) is 25.7 Å². The molecule has 2 fully saturated rings. The lowest BCUT2D eigenvalue weighted by atomic mass is 9.65. The summed E-state index contributed by atoms with van der Waals surface area (Å²) in [5, 5.41) is 0. The molecule has 2 N–H and O–H groups in total.